The number of carbonyl (C=O) groups is 2. The van der Waals surface area contributed by atoms with E-state index in [2.05, 4.69) is 10.3 Å². The van der Waals surface area contributed by atoms with Crippen LogP contribution < -0.4 is 5.32 Å². The van der Waals surface area contributed by atoms with E-state index in [-0.39, 0.29) is 23.5 Å². The van der Waals surface area contributed by atoms with Crippen LogP contribution in [0.3, 0.4) is 0 Å². The number of piperidine rings is 1. The van der Waals surface area contributed by atoms with Gasteiger partial charge in [-0.05, 0) is 37.1 Å². The number of nitrogens with one attached hydrogen (secondary N) is 1. The van der Waals surface area contributed by atoms with Crippen LogP contribution in [-0.2, 0) is 4.79 Å². The summed E-state index contributed by atoms with van der Waals surface area (Å²) in [7, 11) is 0. The van der Waals surface area contributed by atoms with Gasteiger partial charge in [0.05, 0.1) is 12.5 Å². The van der Waals surface area contributed by atoms with Gasteiger partial charge in [0, 0.05) is 24.4 Å². The maximum Gasteiger partial charge on any atom is 0.253 e. The van der Waals surface area contributed by atoms with Crippen molar-refractivity contribution in [1.29, 1.82) is 0 Å². The third-order valence-electron chi connectivity index (χ3n) is 3.99. The highest BCUT2D eigenvalue weighted by Gasteiger charge is 2.29. The quantitative estimate of drug-likeness (QED) is 0.898. The minimum absolute atomic E-state index is 0.0743. The number of halogens is 1. The van der Waals surface area contributed by atoms with Gasteiger partial charge in [0.2, 0.25) is 5.91 Å². The molecule has 0 aromatic heterocycles. The number of thioether (sulfide) groups is 1. The van der Waals surface area contributed by atoms with Crippen molar-refractivity contribution in [2.24, 2.45) is 10.9 Å². The Bertz CT molecular complexity index is 633. The van der Waals surface area contributed by atoms with Crippen molar-refractivity contribution in [3.05, 3.63) is 35.6 Å². The fourth-order valence-corrected chi connectivity index (χ4v) is 3.50. The molecule has 0 bridgehead atoms. The summed E-state index contributed by atoms with van der Waals surface area (Å²) in [5.41, 5.74) is 0.447. The number of carbonyl (C=O) groups excluding carboxylic acids is 2. The molecule has 0 radical (unpaired) electrons. The van der Waals surface area contributed by atoms with Gasteiger partial charge in [0.25, 0.3) is 5.91 Å². The van der Waals surface area contributed by atoms with Gasteiger partial charge in [0.1, 0.15) is 5.82 Å². The minimum atomic E-state index is -0.368. The highest BCUT2D eigenvalue weighted by atomic mass is 32.2. The second-order valence-electron chi connectivity index (χ2n) is 5.62. The summed E-state index contributed by atoms with van der Waals surface area (Å²) in [6.45, 7) is 1.75. The Labute approximate surface area is 138 Å². The molecule has 0 saturated carbocycles. The van der Waals surface area contributed by atoms with E-state index in [9.17, 15) is 14.0 Å². The van der Waals surface area contributed by atoms with Crippen LogP contribution >= 0.6 is 11.8 Å². The van der Waals surface area contributed by atoms with E-state index in [4.69, 9.17) is 0 Å². The van der Waals surface area contributed by atoms with E-state index in [1.807, 2.05) is 0 Å². The van der Waals surface area contributed by atoms with Gasteiger partial charge in [0.15, 0.2) is 5.17 Å². The molecule has 1 aromatic rings. The molecule has 1 unspecified atom stereocenters. The highest BCUT2D eigenvalue weighted by molar-refractivity contribution is 8.14. The molecule has 1 aromatic carbocycles. The molecule has 2 aliphatic heterocycles. The van der Waals surface area contributed by atoms with Crippen molar-refractivity contribution in [3.8, 4) is 0 Å². The largest absolute Gasteiger partial charge is 0.338 e. The predicted molar refractivity (Wildman–Crippen MR) is 87.9 cm³/mol. The molecule has 1 fully saturated rings. The second-order valence-corrected chi connectivity index (χ2v) is 6.71. The van der Waals surface area contributed by atoms with Crippen molar-refractivity contribution < 1.29 is 14.0 Å². The lowest BCUT2D eigenvalue weighted by molar-refractivity contribution is -0.124. The Kier molecular flexibility index (Phi) is 4.95. The maximum absolute atomic E-state index is 13.0. The predicted octanol–water partition coefficient (Wildman–Crippen LogP) is 1.90. The summed E-state index contributed by atoms with van der Waals surface area (Å²) in [6, 6.07) is 5.50. The molecule has 2 amide bonds. The first-order chi connectivity index (χ1) is 11.1. The minimum Gasteiger partial charge on any atom is -0.338 e. The van der Waals surface area contributed by atoms with Crippen LogP contribution in [0.4, 0.5) is 4.39 Å². The fourth-order valence-electron chi connectivity index (χ4n) is 2.77. The molecule has 1 saturated heterocycles. The molecule has 5 nitrogen and oxygen atoms in total. The Morgan fingerprint density at radius 2 is 2.09 bits per heavy atom. The molecule has 7 heteroatoms. The molecule has 122 valence electrons. The third kappa shape index (κ3) is 3.90. The first-order valence-corrected chi connectivity index (χ1v) is 8.65. The smallest absolute Gasteiger partial charge is 0.253 e. The van der Waals surface area contributed by atoms with Gasteiger partial charge in [-0.2, -0.15) is 0 Å². The Balaban J connectivity index is 1.62. The van der Waals surface area contributed by atoms with Gasteiger partial charge in [-0.25, -0.2) is 4.39 Å². The second kappa shape index (κ2) is 7.12. The zero-order valence-corrected chi connectivity index (χ0v) is 13.4. The van der Waals surface area contributed by atoms with Crippen LogP contribution in [-0.4, -0.2) is 47.3 Å². The molecule has 0 spiro atoms. The van der Waals surface area contributed by atoms with Crippen molar-refractivity contribution in [1.82, 2.24) is 10.2 Å². The van der Waals surface area contributed by atoms with Crippen LogP contribution in [0.1, 0.15) is 23.2 Å². The van der Waals surface area contributed by atoms with E-state index in [0.29, 0.717) is 23.8 Å². The summed E-state index contributed by atoms with van der Waals surface area (Å²) in [4.78, 5) is 30.7. The molecule has 23 heavy (non-hydrogen) atoms. The van der Waals surface area contributed by atoms with Gasteiger partial charge in [-0.1, -0.05) is 11.8 Å². The number of nitrogens with zero attached hydrogens (tertiary/aromatic N) is 2. The van der Waals surface area contributed by atoms with Gasteiger partial charge in [-0.3, -0.25) is 14.6 Å². The van der Waals surface area contributed by atoms with Crippen LogP contribution in [0, 0.1) is 11.7 Å². The van der Waals surface area contributed by atoms with Crippen molar-refractivity contribution in [2.45, 2.75) is 12.8 Å². The average molecular weight is 335 g/mol. The molecule has 1 N–H and O–H groups in total. The van der Waals surface area contributed by atoms with Gasteiger partial charge < -0.3 is 10.2 Å². The van der Waals surface area contributed by atoms with Crippen LogP contribution in [0.2, 0.25) is 0 Å². The van der Waals surface area contributed by atoms with Gasteiger partial charge >= 0.3 is 0 Å². The third-order valence-corrected chi connectivity index (χ3v) is 4.88. The number of hydrogen-bond donors (Lipinski definition) is 1. The Hall–Kier alpha value is -1.89. The number of aliphatic imine (C=N–C) groups is 1. The fraction of sp³-hybridized carbons (Fsp3) is 0.438. The first kappa shape index (κ1) is 16.0. The van der Waals surface area contributed by atoms with E-state index in [1.54, 1.807) is 16.7 Å². The molecular weight excluding hydrogens is 317 g/mol. The Morgan fingerprint density at radius 1 is 1.30 bits per heavy atom. The van der Waals surface area contributed by atoms with Crippen molar-refractivity contribution in [2.75, 3.05) is 25.4 Å². The van der Waals surface area contributed by atoms with Crippen LogP contribution in [0.25, 0.3) is 0 Å². The van der Waals surface area contributed by atoms with E-state index < -0.39 is 0 Å². The zero-order valence-electron chi connectivity index (χ0n) is 12.6. The first-order valence-electron chi connectivity index (χ1n) is 7.66. The molecular formula is C16H18FN3O2S. The van der Waals surface area contributed by atoms with Crippen LogP contribution in [0.5, 0.6) is 0 Å². The lowest BCUT2D eigenvalue weighted by Gasteiger charge is -2.32. The van der Waals surface area contributed by atoms with E-state index in [0.717, 1.165) is 25.1 Å². The average Bonchev–Trinajstić information content (AvgIpc) is 3.08. The van der Waals surface area contributed by atoms with Crippen molar-refractivity contribution in [3.63, 3.8) is 0 Å². The molecule has 3 rings (SSSR count). The highest BCUT2D eigenvalue weighted by Crippen LogP contribution is 2.20. The number of rotatable bonds is 2. The SMILES string of the molecule is O=C(NC1=NCCS1)C1CCCN(C(=O)c2ccc(F)cc2)C1. The van der Waals surface area contributed by atoms with Crippen LogP contribution in [0.15, 0.2) is 29.3 Å². The molecule has 2 aliphatic rings. The molecule has 1 atom stereocenters. The number of benzene rings is 1. The topological polar surface area (TPSA) is 61.8 Å². The summed E-state index contributed by atoms with van der Waals surface area (Å²) in [5.74, 6) is 0.0734. The van der Waals surface area contributed by atoms with Crippen molar-refractivity contribution >= 4 is 28.7 Å². The summed E-state index contributed by atoms with van der Waals surface area (Å²) in [6.07, 6.45) is 1.54. The lowest BCUT2D eigenvalue weighted by atomic mass is 9.96. The zero-order chi connectivity index (χ0) is 16.2. The lowest BCUT2D eigenvalue weighted by Crippen LogP contribution is -2.46. The number of hydrogen-bond acceptors (Lipinski definition) is 4. The maximum atomic E-state index is 13.0. The summed E-state index contributed by atoms with van der Waals surface area (Å²) in [5, 5.41) is 3.52. The van der Waals surface area contributed by atoms with E-state index in [1.165, 1.54) is 24.3 Å². The number of amidine groups is 1. The normalized spacial score (nSPS) is 21.0. The number of likely N-dealkylation sites (tertiary alicyclic amines) is 1. The van der Waals surface area contributed by atoms with Gasteiger partial charge in [-0.15, -0.1) is 0 Å². The standard InChI is InChI=1S/C16H18FN3O2S/c17-13-5-3-11(4-6-13)15(22)20-8-1-2-12(10-20)14(21)19-16-18-7-9-23-16/h3-6,12H,1-2,7-10H2,(H,18,19,21). The molecule has 2 heterocycles. The molecule has 0 aliphatic carbocycles. The monoisotopic (exact) mass is 335 g/mol. The van der Waals surface area contributed by atoms with E-state index >= 15 is 0 Å². The Morgan fingerprint density at radius 3 is 2.78 bits per heavy atom. The number of amides is 2. The summed E-state index contributed by atoms with van der Waals surface area (Å²) < 4.78 is 13.0. The summed E-state index contributed by atoms with van der Waals surface area (Å²) >= 11 is 1.54.